The molecular weight excluding hydrogens is 368 g/mol. The first kappa shape index (κ1) is 22.1. The molecule has 0 aliphatic rings. The van der Waals surface area contributed by atoms with Gasteiger partial charge in [-0.05, 0) is 50.6 Å². The smallest absolute Gasteiger partial charge is 0.251 e. The Morgan fingerprint density at radius 1 is 1.03 bits per heavy atom. The highest BCUT2D eigenvalue weighted by Crippen LogP contribution is 2.29. The molecule has 0 bridgehead atoms. The maximum Gasteiger partial charge on any atom is 0.251 e. The summed E-state index contributed by atoms with van der Waals surface area (Å²) < 4.78 is 10.6. The van der Waals surface area contributed by atoms with Crippen LogP contribution in [0.4, 0.5) is 5.69 Å². The number of carbonyl (C=O) groups is 1. The first-order valence-corrected chi connectivity index (χ1v) is 9.37. The van der Waals surface area contributed by atoms with Gasteiger partial charge in [-0.1, -0.05) is 12.1 Å². The highest BCUT2D eigenvalue weighted by molar-refractivity contribution is 5.95. The fourth-order valence-corrected chi connectivity index (χ4v) is 2.65. The van der Waals surface area contributed by atoms with E-state index in [-0.39, 0.29) is 11.4 Å². The Morgan fingerprint density at radius 3 is 2.38 bits per heavy atom. The molecule has 0 fully saturated rings. The van der Waals surface area contributed by atoms with Crippen molar-refractivity contribution in [2.75, 3.05) is 26.6 Å². The average Bonchev–Trinajstić information content (AvgIpc) is 2.69. The highest BCUT2D eigenvalue weighted by Gasteiger charge is 2.15. The highest BCUT2D eigenvalue weighted by atomic mass is 16.5. The van der Waals surface area contributed by atoms with Crippen LogP contribution in [-0.4, -0.2) is 38.7 Å². The van der Waals surface area contributed by atoms with E-state index in [9.17, 15) is 4.79 Å². The number of rotatable bonds is 6. The Balaban J connectivity index is 2.03. The monoisotopic (exact) mass is 398 g/mol. The van der Waals surface area contributed by atoms with Crippen LogP contribution in [0.5, 0.6) is 11.5 Å². The molecule has 2 rings (SSSR count). The lowest BCUT2D eigenvalue weighted by Crippen LogP contribution is -2.40. The molecule has 0 radical (unpaired) electrons. The second-order valence-corrected chi connectivity index (χ2v) is 7.53. The third-order valence-corrected chi connectivity index (χ3v) is 4.01. The van der Waals surface area contributed by atoms with Crippen LogP contribution >= 0.6 is 0 Å². The summed E-state index contributed by atoms with van der Waals surface area (Å²) in [6.45, 7) is 6.39. The summed E-state index contributed by atoms with van der Waals surface area (Å²) in [5.41, 5.74) is 2.13. The molecule has 0 saturated heterocycles. The number of methoxy groups -OCH3 is 2. The van der Waals surface area contributed by atoms with E-state index in [0.29, 0.717) is 29.6 Å². The Morgan fingerprint density at radius 2 is 1.76 bits per heavy atom. The van der Waals surface area contributed by atoms with Crippen molar-refractivity contribution in [3.05, 3.63) is 53.6 Å². The van der Waals surface area contributed by atoms with Crippen LogP contribution in [0.25, 0.3) is 0 Å². The van der Waals surface area contributed by atoms with Crippen LogP contribution in [0, 0.1) is 0 Å². The molecule has 156 valence electrons. The normalized spacial score (nSPS) is 11.6. The fraction of sp³-hybridized carbons (Fsp3) is 0.364. The molecule has 29 heavy (non-hydrogen) atoms. The largest absolute Gasteiger partial charge is 0.493 e. The Bertz CT molecular complexity index is 873. The lowest BCUT2D eigenvalue weighted by atomic mass is 10.1. The van der Waals surface area contributed by atoms with E-state index in [0.717, 1.165) is 11.3 Å². The van der Waals surface area contributed by atoms with Gasteiger partial charge in [0.1, 0.15) is 0 Å². The van der Waals surface area contributed by atoms with Crippen molar-refractivity contribution < 1.29 is 14.3 Å². The lowest BCUT2D eigenvalue weighted by molar-refractivity contribution is 0.0919. The summed E-state index contributed by atoms with van der Waals surface area (Å²) in [7, 11) is 4.89. The van der Waals surface area contributed by atoms with Crippen LogP contribution in [0.1, 0.15) is 36.7 Å². The van der Waals surface area contributed by atoms with Crippen molar-refractivity contribution in [1.82, 2.24) is 10.6 Å². The zero-order chi connectivity index (χ0) is 21.4. The molecule has 0 aliphatic carbocycles. The lowest BCUT2D eigenvalue weighted by Gasteiger charge is -2.20. The van der Waals surface area contributed by atoms with E-state index in [1.165, 1.54) is 0 Å². The van der Waals surface area contributed by atoms with Crippen molar-refractivity contribution in [2.45, 2.75) is 32.9 Å². The van der Waals surface area contributed by atoms with Gasteiger partial charge in [0.15, 0.2) is 17.5 Å². The van der Waals surface area contributed by atoms with Crippen LogP contribution in [0.2, 0.25) is 0 Å². The molecule has 7 nitrogen and oxygen atoms in total. The van der Waals surface area contributed by atoms with Gasteiger partial charge in [0.2, 0.25) is 0 Å². The molecular formula is C22H30N4O3. The second-order valence-electron chi connectivity index (χ2n) is 7.53. The summed E-state index contributed by atoms with van der Waals surface area (Å²) in [6.07, 6.45) is 0. The third-order valence-electron chi connectivity index (χ3n) is 4.01. The van der Waals surface area contributed by atoms with Crippen LogP contribution < -0.4 is 25.4 Å². The van der Waals surface area contributed by atoms with Gasteiger partial charge in [-0.15, -0.1) is 0 Å². The number of aliphatic imine (C=N–C) groups is 1. The number of ether oxygens (including phenoxy) is 2. The number of benzene rings is 2. The predicted octanol–water partition coefficient (Wildman–Crippen LogP) is 3.42. The number of carbonyl (C=O) groups excluding carboxylic acids is 1. The number of nitrogens with zero attached hydrogens (tertiary/aromatic N) is 1. The van der Waals surface area contributed by atoms with Crippen molar-refractivity contribution in [3.8, 4) is 11.5 Å². The number of anilines is 1. The Labute approximate surface area is 172 Å². The molecule has 0 heterocycles. The first-order valence-electron chi connectivity index (χ1n) is 9.37. The van der Waals surface area contributed by atoms with Crippen molar-refractivity contribution >= 4 is 17.6 Å². The summed E-state index contributed by atoms with van der Waals surface area (Å²) in [4.78, 5) is 16.6. The van der Waals surface area contributed by atoms with Gasteiger partial charge < -0.3 is 25.4 Å². The Kier molecular flexibility index (Phi) is 7.47. The zero-order valence-electron chi connectivity index (χ0n) is 17.9. The molecule has 0 aliphatic heterocycles. The number of hydrogen-bond acceptors (Lipinski definition) is 4. The van der Waals surface area contributed by atoms with E-state index < -0.39 is 0 Å². The molecule has 2 aromatic carbocycles. The average molecular weight is 399 g/mol. The molecule has 0 saturated carbocycles. The van der Waals surface area contributed by atoms with Crippen LogP contribution in [0.3, 0.4) is 0 Å². The summed E-state index contributed by atoms with van der Waals surface area (Å²) in [6, 6.07) is 13.1. The number of amides is 1. The van der Waals surface area contributed by atoms with Gasteiger partial charge in [0, 0.05) is 36.4 Å². The fourth-order valence-electron chi connectivity index (χ4n) is 2.65. The van der Waals surface area contributed by atoms with Crippen molar-refractivity contribution in [1.29, 1.82) is 0 Å². The minimum absolute atomic E-state index is 0.0906. The van der Waals surface area contributed by atoms with Gasteiger partial charge in [-0.25, -0.2) is 0 Å². The SMILES string of the molecule is CN=C(NCc1cccc(C(=O)NC(C)(C)C)c1)Nc1ccc(OC)c(OC)c1. The zero-order valence-corrected chi connectivity index (χ0v) is 17.9. The molecule has 3 N–H and O–H groups in total. The molecule has 0 aromatic heterocycles. The maximum absolute atomic E-state index is 12.4. The molecule has 0 unspecified atom stereocenters. The van der Waals surface area contributed by atoms with Crippen LogP contribution in [0.15, 0.2) is 47.5 Å². The van der Waals surface area contributed by atoms with Gasteiger partial charge >= 0.3 is 0 Å². The first-order chi connectivity index (χ1) is 13.8. The van der Waals surface area contributed by atoms with Gasteiger partial charge in [0.25, 0.3) is 5.91 Å². The predicted molar refractivity (Wildman–Crippen MR) is 117 cm³/mol. The van der Waals surface area contributed by atoms with E-state index in [1.807, 2.05) is 57.2 Å². The second kappa shape index (κ2) is 9.82. The maximum atomic E-state index is 12.4. The standard InChI is InChI=1S/C22H30N4O3/c1-22(2,3)26-20(27)16-9-7-8-15(12-16)14-24-21(23-4)25-17-10-11-18(28-5)19(13-17)29-6/h7-13H,14H2,1-6H3,(H,26,27)(H2,23,24,25). The topological polar surface area (TPSA) is 84.0 Å². The van der Waals surface area contributed by atoms with Gasteiger partial charge in [0.05, 0.1) is 14.2 Å². The van der Waals surface area contributed by atoms with Crippen molar-refractivity contribution in [3.63, 3.8) is 0 Å². The van der Waals surface area contributed by atoms with Crippen molar-refractivity contribution in [2.24, 2.45) is 4.99 Å². The quantitative estimate of drug-likeness (QED) is 0.513. The third kappa shape index (κ3) is 6.71. The minimum Gasteiger partial charge on any atom is -0.493 e. The minimum atomic E-state index is -0.281. The molecule has 2 aromatic rings. The van der Waals surface area contributed by atoms with E-state index in [1.54, 1.807) is 27.3 Å². The number of guanidine groups is 1. The van der Waals surface area contributed by atoms with E-state index in [4.69, 9.17) is 9.47 Å². The Hall–Kier alpha value is -3.22. The number of nitrogens with one attached hydrogen (secondary N) is 3. The van der Waals surface area contributed by atoms with Gasteiger partial charge in [-0.3, -0.25) is 9.79 Å². The molecule has 0 spiro atoms. The van der Waals surface area contributed by atoms with Crippen LogP contribution in [-0.2, 0) is 6.54 Å². The van der Waals surface area contributed by atoms with E-state index in [2.05, 4.69) is 20.9 Å². The molecule has 1 amide bonds. The number of hydrogen-bond donors (Lipinski definition) is 3. The summed E-state index contributed by atoms with van der Waals surface area (Å²) in [5.74, 6) is 1.80. The molecule has 0 atom stereocenters. The summed E-state index contributed by atoms with van der Waals surface area (Å²) >= 11 is 0. The van der Waals surface area contributed by atoms with E-state index >= 15 is 0 Å². The molecule has 7 heteroatoms. The van der Waals surface area contributed by atoms with Gasteiger partial charge in [-0.2, -0.15) is 0 Å². The summed E-state index contributed by atoms with van der Waals surface area (Å²) in [5, 5.41) is 9.44.